The van der Waals surface area contributed by atoms with Crippen LogP contribution in [0.2, 0.25) is 0 Å². The number of nitrogens with zero attached hydrogens (tertiary/aromatic N) is 1. The maximum atomic E-state index is 12.6. The minimum absolute atomic E-state index is 0.0332. The van der Waals surface area contributed by atoms with Crippen LogP contribution < -0.4 is 5.32 Å². The predicted octanol–water partition coefficient (Wildman–Crippen LogP) is 3.23. The number of hydrogen-bond acceptors (Lipinski definition) is 5. The Labute approximate surface area is 147 Å². The number of esters is 1. The van der Waals surface area contributed by atoms with Crippen molar-refractivity contribution in [3.63, 3.8) is 0 Å². The number of likely N-dealkylation sites (tertiary alicyclic amines) is 1. The average molecular weight is 350 g/mol. The first-order valence-corrected chi connectivity index (χ1v) is 9.74. The van der Waals surface area contributed by atoms with Gasteiger partial charge in [0.05, 0.1) is 18.2 Å². The summed E-state index contributed by atoms with van der Waals surface area (Å²) in [5.74, 6) is -0.338. The maximum Gasteiger partial charge on any atom is 0.341 e. The van der Waals surface area contributed by atoms with Gasteiger partial charge in [0.25, 0.3) is 0 Å². The van der Waals surface area contributed by atoms with Crippen LogP contribution in [0.4, 0.5) is 5.00 Å². The van der Waals surface area contributed by atoms with E-state index in [0.717, 1.165) is 57.2 Å². The Kier molecular flexibility index (Phi) is 5.56. The topological polar surface area (TPSA) is 58.6 Å². The number of nitrogens with one attached hydrogen (secondary N) is 1. The molecule has 0 aromatic carbocycles. The van der Waals surface area contributed by atoms with Gasteiger partial charge in [-0.3, -0.25) is 9.69 Å². The Balaban J connectivity index is 1.79. The Morgan fingerprint density at radius 1 is 1.17 bits per heavy atom. The Bertz CT molecular complexity index is 618. The SMILES string of the molecule is CC(C)OC(=O)c1c(NC(=O)CN2CCCC2)sc2c1CCCC2. The van der Waals surface area contributed by atoms with E-state index in [1.165, 1.54) is 4.88 Å². The summed E-state index contributed by atoms with van der Waals surface area (Å²) in [6.45, 7) is 6.07. The molecule has 5 nitrogen and oxygen atoms in total. The van der Waals surface area contributed by atoms with E-state index < -0.39 is 0 Å². The first kappa shape index (κ1) is 17.4. The Hall–Kier alpha value is -1.40. The van der Waals surface area contributed by atoms with Gasteiger partial charge in [-0.05, 0) is 71.0 Å². The van der Waals surface area contributed by atoms with Crippen LogP contribution in [-0.2, 0) is 22.4 Å². The quantitative estimate of drug-likeness (QED) is 0.829. The minimum atomic E-state index is -0.305. The number of aryl methyl sites for hydroxylation is 1. The number of rotatable bonds is 5. The van der Waals surface area contributed by atoms with Gasteiger partial charge in [-0.15, -0.1) is 11.3 Å². The highest BCUT2D eigenvalue weighted by atomic mass is 32.1. The molecule has 0 unspecified atom stereocenters. The fraction of sp³-hybridized carbons (Fsp3) is 0.667. The molecule has 24 heavy (non-hydrogen) atoms. The lowest BCUT2D eigenvalue weighted by atomic mass is 9.95. The van der Waals surface area contributed by atoms with Crippen LogP contribution in [0.1, 0.15) is 60.3 Å². The molecule has 6 heteroatoms. The van der Waals surface area contributed by atoms with Gasteiger partial charge in [-0.2, -0.15) is 0 Å². The van der Waals surface area contributed by atoms with Crippen molar-refractivity contribution in [3.8, 4) is 0 Å². The highest BCUT2D eigenvalue weighted by Gasteiger charge is 2.28. The van der Waals surface area contributed by atoms with Crippen molar-refractivity contribution >= 4 is 28.2 Å². The number of fused-ring (bicyclic) bond motifs is 1. The second-order valence-corrected chi connectivity index (χ2v) is 8.01. The number of ether oxygens (including phenoxy) is 1. The van der Waals surface area contributed by atoms with E-state index >= 15 is 0 Å². The van der Waals surface area contributed by atoms with Crippen LogP contribution in [0.25, 0.3) is 0 Å². The van der Waals surface area contributed by atoms with Crippen molar-refractivity contribution in [2.24, 2.45) is 0 Å². The molecule has 1 saturated heterocycles. The summed E-state index contributed by atoms with van der Waals surface area (Å²) < 4.78 is 5.42. The summed E-state index contributed by atoms with van der Waals surface area (Å²) in [4.78, 5) is 28.3. The van der Waals surface area contributed by atoms with Crippen molar-refractivity contribution in [3.05, 3.63) is 16.0 Å². The van der Waals surface area contributed by atoms with Gasteiger partial charge in [-0.1, -0.05) is 0 Å². The van der Waals surface area contributed by atoms with Crippen molar-refractivity contribution in [2.45, 2.75) is 58.5 Å². The Morgan fingerprint density at radius 3 is 2.58 bits per heavy atom. The van der Waals surface area contributed by atoms with Crippen LogP contribution in [0.3, 0.4) is 0 Å². The predicted molar refractivity (Wildman–Crippen MR) is 95.8 cm³/mol. The van der Waals surface area contributed by atoms with Crippen molar-refractivity contribution in [1.29, 1.82) is 0 Å². The average Bonchev–Trinajstić information content (AvgIpc) is 3.13. The van der Waals surface area contributed by atoms with E-state index in [2.05, 4.69) is 10.2 Å². The molecule has 0 radical (unpaired) electrons. The molecule has 0 atom stereocenters. The molecule has 1 amide bonds. The summed E-state index contributed by atoms with van der Waals surface area (Å²) in [5, 5.41) is 3.66. The van der Waals surface area contributed by atoms with E-state index in [-0.39, 0.29) is 18.0 Å². The zero-order valence-corrected chi connectivity index (χ0v) is 15.3. The van der Waals surface area contributed by atoms with E-state index in [0.29, 0.717) is 17.1 Å². The van der Waals surface area contributed by atoms with E-state index in [9.17, 15) is 9.59 Å². The van der Waals surface area contributed by atoms with Gasteiger partial charge < -0.3 is 10.1 Å². The van der Waals surface area contributed by atoms with E-state index in [4.69, 9.17) is 4.74 Å². The largest absolute Gasteiger partial charge is 0.459 e. The summed E-state index contributed by atoms with van der Waals surface area (Å²) >= 11 is 1.55. The number of carbonyl (C=O) groups is 2. The lowest BCUT2D eigenvalue weighted by Gasteiger charge is -2.15. The number of hydrogen-bond donors (Lipinski definition) is 1. The van der Waals surface area contributed by atoms with Crippen LogP contribution in [0, 0.1) is 0 Å². The van der Waals surface area contributed by atoms with Gasteiger partial charge >= 0.3 is 5.97 Å². The molecular weight excluding hydrogens is 324 g/mol. The molecule has 1 aliphatic carbocycles. The summed E-state index contributed by atoms with van der Waals surface area (Å²) in [7, 11) is 0. The van der Waals surface area contributed by atoms with E-state index in [1.807, 2.05) is 13.8 Å². The third-order valence-corrected chi connectivity index (χ3v) is 5.74. The van der Waals surface area contributed by atoms with Gasteiger partial charge in [-0.25, -0.2) is 4.79 Å². The summed E-state index contributed by atoms with van der Waals surface area (Å²) in [5.41, 5.74) is 1.69. The fourth-order valence-electron chi connectivity index (χ4n) is 3.45. The lowest BCUT2D eigenvalue weighted by molar-refractivity contribution is -0.117. The summed E-state index contributed by atoms with van der Waals surface area (Å²) in [6, 6.07) is 0. The monoisotopic (exact) mass is 350 g/mol. The second-order valence-electron chi connectivity index (χ2n) is 6.90. The minimum Gasteiger partial charge on any atom is -0.459 e. The fourth-order valence-corrected chi connectivity index (χ4v) is 4.75. The van der Waals surface area contributed by atoms with Gasteiger partial charge in [0.1, 0.15) is 5.00 Å². The van der Waals surface area contributed by atoms with Crippen LogP contribution >= 0.6 is 11.3 Å². The smallest absolute Gasteiger partial charge is 0.341 e. The van der Waals surface area contributed by atoms with Crippen molar-refractivity contribution in [2.75, 3.05) is 25.0 Å². The highest BCUT2D eigenvalue weighted by Crippen LogP contribution is 2.38. The number of amides is 1. The van der Waals surface area contributed by atoms with Crippen molar-refractivity contribution in [1.82, 2.24) is 4.90 Å². The van der Waals surface area contributed by atoms with Crippen LogP contribution in [-0.4, -0.2) is 42.5 Å². The van der Waals surface area contributed by atoms with Crippen LogP contribution in [0.15, 0.2) is 0 Å². The molecule has 3 rings (SSSR count). The molecule has 0 bridgehead atoms. The third kappa shape index (κ3) is 3.98. The first-order chi connectivity index (χ1) is 11.5. The standard InChI is InChI=1S/C18H26N2O3S/c1-12(2)23-18(22)16-13-7-3-4-8-14(13)24-17(16)19-15(21)11-20-9-5-6-10-20/h12H,3-11H2,1-2H3,(H,19,21). The number of thiophene rings is 1. The molecule has 0 saturated carbocycles. The van der Waals surface area contributed by atoms with Crippen LogP contribution in [0.5, 0.6) is 0 Å². The molecule has 132 valence electrons. The first-order valence-electron chi connectivity index (χ1n) is 8.92. The lowest BCUT2D eigenvalue weighted by Crippen LogP contribution is -2.31. The molecule has 0 spiro atoms. The molecule has 1 aromatic rings. The zero-order chi connectivity index (χ0) is 17.1. The molecule has 1 N–H and O–H groups in total. The zero-order valence-electron chi connectivity index (χ0n) is 14.5. The maximum absolute atomic E-state index is 12.6. The Morgan fingerprint density at radius 2 is 1.88 bits per heavy atom. The normalized spacial score (nSPS) is 17.8. The van der Waals surface area contributed by atoms with Gasteiger partial charge in [0.15, 0.2) is 0 Å². The highest BCUT2D eigenvalue weighted by molar-refractivity contribution is 7.17. The summed E-state index contributed by atoms with van der Waals surface area (Å²) in [6.07, 6.45) is 6.28. The molecule has 1 aliphatic heterocycles. The second kappa shape index (κ2) is 7.66. The molecule has 2 heterocycles. The van der Waals surface area contributed by atoms with Gasteiger partial charge in [0.2, 0.25) is 5.91 Å². The van der Waals surface area contributed by atoms with E-state index in [1.54, 1.807) is 11.3 Å². The number of anilines is 1. The van der Waals surface area contributed by atoms with Crippen molar-refractivity contribution < 1.29 is 14.3 Å². The number of carbonyl (C=O) groups excluding carboxylic acids is 2. The molecule has 1 fully saturated rings. The third-order valence-electron chi connectivity index (χ3n) is 4.54. The molecule has 2 aliphatic rings. The molecular formula is C18H26N2O3S. The molecule has 1 aromatic heterocycles. The van der Waals surface area contributed by atoms with Gasteiger partial charge in [0, 0.05) is 4.88 Å².